The van der Waals surface area contributed by atoms with E-state index in [0.29, 0.717) is 5.56 Å². The van der Waals surface area contributed by atoms with Gasteiger partial charge in [-0.3, -0.25) is 4.79 Å². The van der Waals surface area contributed by atoms with Crippen LogP contribution in [0.15, 0.2) is 42.5 Å². The van der Waals surface area contributed by atoms with Gasteiger partial charge in [0.2, 0.25) is 5.91 Å². The van der Waals surface area contributed by atoms with E-state index in [4.69, 9.17) is 0 Å². The predicted octanol–water partition coefficient (Wildman–Crippen LogP) is 3.41. The third-order valence-corrected chi connectivity index (χ3v) is 3.67. The van der Waals surface area contributed by atoms with E-state index in [9.17, 15) is 9.18 Å². The van der Waals surface area contributed by atoms with Crippen molar-refractivity contribution in [2.24, 2.45) is 0 Å². The molecule has 0 saturated carbocycles. The number of likely N-dealkylation sites (N-methyl/N-ethyl adjacent to an activating group) is 1. The standard InChI is InChI=1S/C18H21FN2O/c1-13-5-10-17(19)14(11-13)12-18(22)21(4)16-8-6-15(7-9-16)20(2)3/h5-11H,12H2,1-4H3. The van der Waals surface area contributed by atoms with Gasteiger partial charge < -0.3 is 9.80 Å². The number of anilines is 2. The van der Waals surface area contributed by atoms with E-state index in [1.165, 1.54) is 6.07 Å². The molecule has 3 nitrogen and oxygen atoms in total. The van der Waals surface area contributed by atoms with Crippen LogP contribution in [0.4, 0.5) is 15.8 Å². The summed E-state index contributed by atoms with van der Waals surface area (Å²) in [7, 11) is 5.63. The zero-order valence-electron chi connectivity index (χ0n) is 13.4. The average Bonchev–Trinajstić information content (AvgIpc) is 2.50. The second-order valence-corrected chi connectivity index (χ2v) is 5.64. The van der Waals surface area contributed by atoms with Crippen LogP contribution in [0.3, 0.4) is 0 Å². The van der Waals surface area contributed by atoms with Crippen molar-refractivity contribution in [1.29, 1.82) is 0 Å². The predicted molar refractivity (Wildman–Crippen MR) is 89.0 cm³/mol. The van der Waals surface area contributed by atoms with Gasteiger partial charge in [-0.1, -0.05) is 17.7 Å². The normalized spacial score (nSPS) is 10.4. The summed E-state index contributed by atoms with van der Waals surface area (Å²) in [6.45, 7) is 1.89. The molecule has 2 aromatic carbocycles. The van der Waals surface area contributed by atoms with Crippen molar-refractivity contribution < 1.29 is 9.18 Å². The number of aryl methyl sites for hydroxylation is 1. The topological polar surface area (TPSA) is 23.6 Å². The number of amides is 1. The fourth-order valence-electron chi connectivity index (χ4n) is 2.24. The smallest absolute Gasteiger partial charge is 0.231 e. The Kier molecular flexibility index (Phi) is 4.81. The maximum atomic E-state index is 13.8. The van der Waals surface area contributed by atoms with E-state index in [2.05, 4.69) is 0 Å². The lowest BCUT2D eigenvalue weighted by Crippen LogP contribution is -2.28. The van der Waals surface area contributed by atoms with Crippen LogP contribution in [-0.2, 0) is 11.2 Å². The molecule has 0 aliphatic rings. The molecule has 0 heterocycles. The van der Waals surface area contributed by atoms with E-state index in [-0.39, 0.29) is 18.1 Å². The van der Waals surface area contributed by atoms with Gasteiger partial charge in [0.05, 0.1) is 6.42 Å². The minimum absolute atomic E-state index is 0.0550. The molecule has 0 aromatic heterocycles. The molecule has 0 aliphatic heterocycles. The third-order valence-electron chi connectivity index (χ3n) is 3.67. The van der Waals surface area contributed by atoms with Crippen molar-refractivity contribution in [3.8, 4) is 0 Å². The lowest BCUT2D eigenvalue weighted by atomic mass is 10.1. The van der Waals surface area contributed by atoms with Crippen molar-refractivity contribution >= 4 is 17.3 Å². The lowest BCUT2D eigenvalue weighted by Gasteiger charge is -2.19. The molecule has 1 amide bonds. The van der Waals surface area contributed by atoms with E-state index in [1.54, 1.807) is 24.1 Å². The third kappa shape index (κ3) is 3.64. The second-order valence-electron chi connectivity index (χ2n) is 5.64. The highest BCUT2D eigenvalue weighted by Crippen LogP contribution is 2.20. The Morgan fingerprint density at radius 1 is 1.00 bits per heavy atom. The molecule has 0 spiro atoms. The van der Waals surface area contributed by atoms with Crippen LogP contribution in [-0.4, -0.2) is 27.1 Å². The van der Waals surface area contributed by atoms with Crippen LogP contribution in [0.25, 0.3) is 0 Å². The first kappa shape index (κ1) is 16.0. The van der Waals surface area contributed by atoms with Gasteiger partial charge in [0, 0.05) is 32.5 Å². The van der Waals surface area contributed by atoms with E-state index in [1.807, 2.05) is 50.2 Å². The van der Waals surface area contributed by atoms with Gasteiger partial charge in [0.25, 0.3) is 0 Å². The first-order valence-corrected chi connectivity index (χ1v) is 7.17. The monoisotopic (exact) mass is 300 g/mol. The molecule has 0 bridgehead atoms. The minimum atomic E-state index is -0.338. The van der Waals surface area contributed by atoms with Crippen molar-refractivity contribution in [2.45, 2.75) is 13.3 Å². The van der Waals surface area contributed by atoms with E-state index < -0.39 is 0 Å². The van der Waals surface area contributed by atoms with Crippen LogP contribution in [0.2, 0.25) is 0 Å². The number of rotatable bonds is 4. The van der Waals surface area contributed by atoms with Crippen molar-refractivity contribution in [3.63, 3.8) is 0 Å². The molecular formula is C18H21FN2O. The molecule has 2 rings (SSSR count). The van der Waals surface area contributed by atoms with Crippen LogP contribution < -0.4 is 9.80 Å². The minimum Gasteiger partial charge on any atom is -0.378 e. The summed E-state index contributed by atoms with van der Waals surface area (Å²) in [5, 5.41) is 0. The number of benzene rings is 2. The van der Waals surface area contributed by atoms with Gasteiger partial charge in [-0.25, -0.2) is 4.39 Å². The Hall–Kier alpha value is -2.36. The Balaban J connectivity index is 2.13. The Morgan fingerprint density at radius 3 is 2.18 bits per heavy atom. The first-order valence-electron chi connectivity index (χ1n) is 7.17. The van der Waals surface area contributed by atoms with Gasteiger partial charge in [-0.15, -0.1) is 0 Å². The maximum Gasteiger partial charge on any atom is 0.231 e. The highest BCUT2D eigenvalue weighted by Gasteiger charge is 2.14. The van der Waals surface area contributed by atoms with Gasteiger partial charge >= 0.3 is 0 Å². The quantitative estimate of drug-likeness (QED) is 0.864. The summed E-state index contributed by atoms with van der Waals surface area (Å²) >= 11 is 0. The molecule has 116 valence electrons. The maximum absolute atomic E-state index is 13.8. The van der Waals surface area contributed by atoms with Crippen LogP contribution in [0.1, 0.15) is 11.1 Å². The van der Waals surface area contributed by atoms with Gasteiger partial charge in [0.15, 0.2) is 0 Å². The molecular weight excluding hydrogens is 279 g/mol. The summed E-state index contributed by atoms with van der Waals surface area (Å²) in [6, 6.07) is 12.5. The molecule has 0 unspecified atom stereocenters. The van der Waals surface area contributed by atoms with E-state index >= 15 is 0 Å². The van der Waals surface area contributed by atoms with E-state index in [0.717, 1.165) is 16.9 Å². The molecule has 0 atom stereocenters. The Morgan fingerprint density at radius 2 is 1.59 bits per heavy atom. The molecule has 2 aromatic rings. The van der Waals surface area contributed by atoms with Crippen LogP contribution >= 0.6 is 0 Å². The number of hydrogen-bond acceptors (Lipinski definition) is 2. The molecule has 0 saturated heterocycles. The Labute approximate surface area is 131 Å². The number of halogens is 1. The highest BCUT2D eigenvalue weighted by atomic mass is 19.1. The molecule has 0 aliphatic carbocycles. The van der Waals surface area contributed by atoms with Crippen molar-refractivity contribution in [1.82, 2.24) is 0 Å². The molecule has 22 heavy (non-hydrogen) atoms. The summed E-state index contributed by atoms with van der Waals surface area (Å²) < 4.78 is 13.8. The summed E-state index contributed by atoms with van der Waals surface area (Å²) in [4.78, 5) is 15.9. The SMILES string of the molecule is Cc1ccc(F)c(CC(=O)N(C)c2ccc(N(C)C)cc2)c1. The number of carbonyl (C=O) groups is 1. The number of carbonyl (C=O) groups excluding carboxylic acids is 1. The lowest BCUT2D eigenvalue weighted by molar-refractivity contribution is -0.117. The zero-order valence-corrected chi connectivity index (χ0v) is 13.4. The number of hydrogen-bond donors (Lipinski definition) is 0. The largest absolute Gasteiger partial charge is 0.378 e. The molecule has 0 radical (unpaired) electrons. The van der Waals surface area contributed by atoms with Gasteiger partial charge in [-0.05, 0) is 42.8 Å². The fourth-order valence-corrected chi connectivity index (χ4v) is 2.24. The molecule has 0 fully saturated rings. The molecule has 0 N–H and O–H groups in total. The Bertz CT molecular complexity index is 665. The fraction of sp³-hybridized carbons (Fsp3) is 0.278. The second kappa shape index (κ2) is 6.60. The first-order chi connectivity index (χ1) is 10.4. The van der Waals surface area contributed by atoms with Crippen LogP contribution in [0, 0.1) is 12.7 Å². The van der Waals surface area contributed by atoms with Gasteiger partial charge in [-0.2, -0.15) is 0 Å². The molecule has 4 heteroatoms. The van der Waals surface area contributed by atoms with Gasteiger partial charge in [0.1, 0.15) is 5.82 Å². The summed E-state index contributed by atoms with van der Waals surface area (Å²) in [5.74, 6) is -0.475. The number of nitrogens with zero attached hydrogens (tertiary/aromatic N) is 2. The van der Waals surface area contributed by atoms with Crippen LogP contribution in [0.5, 0.6) is 0 Å². The summed E-state index contributed by atoms with van der Waals surface area (Å²) in [6.07, 6.45) is 0.0550. The van der Waals surface area contributed by atoms with Crippen molar-refractivity contribution in [3.05, 3.63) is 59.4 Å². The zero-order chi connectivity index (χ0) is 16.3. The highest BCUT2D eigenvalue weighted by molar-refractivity contribution is 5.94. The average molecular weight is 300 g/mol. The summed E-state index contributed by atoms with van der Waals surface area (Å²) in [5.41, 5.74) is 3.24. The van der Waals surface area contributed by atoms with Crippen molar-refractivity contribution in [2.75, 3.05) is 30.9 Å².